The van der Waals surface area contributed by atoms with Crippen LogP contribution in [0.4, 0.5) is 5.82 Å². The summed E-state index contributed by atoms with van der Waals surface area (Å²) < 4.78 is 3.49. The Kier molecular flexibility index (Phi) is 2.49. The van der Waals surface area contributed by atoms with E-state index in [1.54, 1.807) is 11.9 Å². The maximum atomic E-state index is 5.69. The molecule has 0 amide bonds. The second-order valence-electron chi connectivity index (χ2n) is 4.86. The molecule has 2 aromatic rings. The van der Waals surface area contributed by atoms with Gasteiger partial charge in [-0.1, -0.05) is 6.07 Å². The number of hydrogen-bond acceptors (Lipinski definition) is 4. The normalized spacial score (nSPS) is 17.2. The summed E-state index contributed by atoms with van der Waals surface area (Å²) in [5.41, 5.74) is 6.99. The van der Waals surface area contributed by atoms with Gasteiger partial charge in [-0.2, -0.15) is 0 Å². The summed E-state index contributed by atoms with van der Waals surface area (Å²) in [6.07, 6.45) is 2.53. The van der Waals surface area contributed by atoms with E-state index in [4.69, 9.17) is 5.73 Å². The smallest absolute Gasteiger partial charge is 0.124 e. The van der Waals surface area contributed by atoms with E-state index in [9.17, 15) is 0 Å². The average Bonchev–Trinajstić information content (AvgIpc) is 3.05. The molecule has 0 saturated heterocycles. The summed E-state index contributed by atoms with van der Waals surface area (Å²) in [5, 5.41) is 1.13. The van der Waals surface area contributed by atoms with Gasteiger partial charge in [0.1, 0.15) is 5.82 Å². The number of nitrogens with one attached hydrogen (secondary N) is 1. The fourth-order valence-electron chi connectivity index (χ4n) is 1.65. The Bertz CT molecular complexity index is 564. The quantitative estimate of drug-likeness (QED) is 0.816. The summed E-state index contributed by atoms with van der Waals surface area (Å²) in [5.74, 6) is 0.571. The molecular formula is C13H15N3S. The third-order valence-corrected chi connectivity index (χ3v) is 4.18. The summed E-state index contributed by atoms with van der Waals surface area (Å²) in [4.78, 5) is 5.52. The molecule has 0 aliphatic heterocycles. The molecule has 4 heteroatoms. The molecule has 1 saturated carbocycles. The van der Waals surface area contributed by atoms with Gasteiger partial charge in [-0.3, -0.25) is 4.72 Å². The summed E-state index contributed by atoms with van der Waals surface area (Å²) in [6, 6.07) is 10.1. The molecule has 1 aromatic carbocycles. The number of benzene rings is 1. The number of aromatic nitrogens is 1. The van der Waals surface area contributed by atoms with E-state index < -0.39 is 0 Å². The fraction of sp³-hybridized carbons (Fsp3) is 0.308. The lowest BCUT2D eigenvalue weighted by atomic mass is 10.2. The van der Waals surface area contributed by atoms with Crippen molar-refractivity contribution in [3.05, 3.63) is 30.3 Å². The number of anilines is 1. The Morgan fingerprint density at radius 2 is 2.06 bits per heavy atom. The van der Waals surface area contributed by atoms with Crippen molar-refractivity contribution in [2.75, 3.05) is 5.73 Å². The minimum atomic E-state index is 0.336. The molecule has 88 valence electrons. The van der Waals surface area contributed by atoms with Crippen molar-refractivity contribution in [1.82, 2.24) is 9.71 Å². The predicted molar refractivity (Wildman–Crippen MR) is 72.8 cm³/mol. The second kappa shape index (κ2) is 3.89. The molecule has 17 heavy (non-hydrogen) atoms. The molecule has 0 unspecified atom stereocenters. The van der Waals surface area contributed by atoms with E-state index in [1.807, 2.05) is 12.1 Å². The van der Waals surface area contributed by atoms with Crippen molar-refractivity contribution in [3.63, 3.8) is 0 Å². The third kappa shape index (κ3) is 2.37. The standard InChI is InChI=1S/C13H15N3S/c1-13(6-7-13)16-17-10-4-2-9-3-5-12(14)15-11(9)8-10/h2-5,8,16H,6-7H2,1H3,(H2,14,15). The minimum Gasteiger partial charge on any atom is -0.384 e. The van der Waals surface area contributed by atoms with E-state index in [0.717, 1.165) is 10.9 Å². The highest BCUT2D eigenvalue weighted by molar-refractivity contribution is 7.97. The van der Waals surface area contributed by atoms with E-state index >= 15 is 0 Å². The van der Waals surface area contributed by atoms with Gasteiger partial charge in [-0.05, 0) is 56.0 Å². The van der Waals surface area contributed by atoms with Crippen LogP contribution < -0.4 is 10.5 Å². The zero-order valence-corrected chi connectivity index (χ0v) is 10.6. The molecule has 1 aromatic heterocycles. The summed E-state index contributed by atoms with van der Waals surface area (Å²) >= 11 is 1.68. The Hall–Kier alpha value is -1.26. The molecule has 0 atom stereocenters. The number of hydrogen-bond donors (Lipinski definition) is 2. The lowest BCUT2D eigenvalue weighted by Crippen LogP contribution is -2.19. The number of pyridine rings is 1. The average molecular weight is 245 g/mol. The van der Waals surface area contributed by atoms with Crippen molar-refractivity contribution in [3.8, 4) is 0 Å². The molecule has 3 nitrogen and oxygen atoms in total. The van der Waals surface area contributed by atoms with Crippen molar-refractivity contribution < 1.29 is 0 Å². The number of nitrogen functional groups attached to an aromatic ring is 1. The Labute approximate surface area is 105 Å². The lowest BCUT2D eigenvalue weighted by molar-refractivity contribution is 0.701. The summed E-state index contributed by atoms with van der Waals surface area (Å²) in [6.45, 7) is 2.25. The van der Waals surface area contributed by atoms with Gasteiger partial charge >= 0.3 is 0 Å². The Morgan fingerprint density at radius 1 is 1.29 bits per heavy atom. The van der Waals surface area contributed by atoms with Gasteiger partial charge in [-0.25, -0.2) is 4.98 Å². The van der Waals surface area contributed by atoms with Crippen LogP contribution in [0, 0.1) is 0 Å². The first-order chi connectivity index (χ1) is 8.15. The van der Waals surface area contributed by atoms with Gasteiger partial charge in [0, 0.05) is 15.8 Å². The van der Waals surface area contributed by atoms with Crippen molar-refractivity contribution in [1.29, 1.82) is 0 Å². The van der Waals surface area contributed by atoms with Crippen LogP contribution in [0.15, 0.2) is 35.2 Å². The topological polar surface area (TPSA) is 50.9 Å². The number of nitrogens with two attached hydrogens (primary N) is 1. The van der Waals surface area contributed by atoms with Gasteiger partial charge in [-0.15, -0.1) is 0 Å². The molecular weight excluding hydrogens is 230 g/mol. The lowest BCUT2D eigenvalue weighted by Gasteiger charge is -2.10. The molecule has 0 bridgehead atoms. The molecule has 1 fully saturated rings. The van der Waals surface area contributed by atoms with Gasteiger partial charge in [0.25, 0.3) is 0 Å². The SMILES string of the molecule is CC1(NSc2ccc3ccc(N)nc3c2)CC1. The highest BCUT2D eigenvalue weighted by Crippen LogP contribution is 2.37. The van der Waals surface area contributed by atoms with Crippen LogP contribution in [0.3, 0.4) is 0 Å². The molecule has 1 aliphatic rings. The van der Waals surface area contributed by atoms with Crippen molar-refractivity contribution in [2.24, 2.45) is 0 Å². The molecule has 3 rings (SSSR count). The monoisotopic (exact) mass is 245 g/mol. The first-order valence-corrected chi connectivity index (χ1v) is 6.57. The van der Waals surface area contributed by atoms with Gasteiger partial charge in [0.2, 0.25) is 0 Å². The third-order valence-electron chi connectivity index (χ3n) is 3.10. The largest absolute Gasteiger partial charge is 0.384 e. The number of fused-ring (bicyclic) bond motifs is 1. The van der Waals surface area contributed by atoms with Crippen LogP contribution in [0.2, 0.25) is 0 Å². The zero-order valence-electron chi connectivity index (χ0n) is 9.73. The highest BCUT2D eigenvalue weighted by atomic mass is 32.2. The molecule has 1 heterocycles. The van der Waals surface area contributed by atoms with E-state index in [0.29, 0.717) is 11.4 Å². The summed E-state index contributed by atoms with van der Waals surface area (Å²) in [7, 11) is 0. The Balaban J connectivity index is 1.85. The Morgan fingerprint density at radius 3 is 2.82 bits per heavy atom. The van der Waals surface area contributed by atoms with Crippen molar-refractivity contribution >= 4 is 28.7 Å². The molecule has 3 N–H and O–H groups in total. The molecule has 1 aliphatic carbocycles. The number of nitrogens with zero attached hydrogens (tertiary/aromatic N) is 1. The first-order valence-electron chi connectivity index (χ1n) is 5.75. The van der Waals surface area contributed by atoms with Crippen LogP contribution in [-0.2, 0) is 0 Å². The van der Waals surface area contributed by atoms with Gasteiger partial charge in [0.15, 0.2) is 0 Å². The van der Waals surface area contributed by atoms with Gasteiger partial charge in [0.05, 0.1) is 5.52 Å². The maximum Gasteiger partial charge on any atom is 0.124 e. The van der Waals surface area contributed by atoms with E-state index in [2.05, 4.69) is 34.8 Å². The first kappa shape index (κ1) is 10.9. The molecule has 0 spiro atoms. The fourth-order valence-corrected chi connectivity index (χ4v) is 2.52. The van der Waals surface area contributed by atoms with Crippen LogP contribution in [0.1, 0.15) is 19.8 Å². The van der Waals surface area contributed by atoms with E-state index in [1.165, 1.54) is 17.7 Å². The van der Waals surface area contributed by atoms with Crippen LogP contribution in [-0.4, -0.2) is 10.5 Å². The second-order valence-corrected chi connectivity index (χ2v) is 5.74. The maximum absolute atomic E-state index is 5.69. The predicted octanol–water partition coefficient (Wildman–Crippen LogP) is 2.97. The minimum absolute atomic E-state index is 0.336. The van der Waals surface area contributed by atoms with Crippen LogP contribution >= 0.6 is 11.9 Å². The van der Waals surface area contributed by atoms with Crippen molar-refractivity contribution in [2.45, 2.75) is 30.2 Å². The van der Waals surface area contributed by atoms with Crippen LogP contribution in [0.25, 0.3) is 10.9 Å². The van der Waals surface area contributed by atoms with E-state index in [-0.39, 0.29) is 0 Å². The zero-order chi connectivity index (χ0) is 11.9. The van der Waals surface area contributed by atoms with Crippen LogP contribution in [0.5, 0.6) is 0 Å². The molecule has 0 radical (unpaired) electrons. The van der Waals surface area contributed by atoms with Gasteiger partial charge < -0.3 is 5.73 Å². The highest BCUT2D eigenvalue weighted by Gasteiger charge is 2.36. The number of rotatable bonds is 3.